The van der Waals surface area contributed by atoms with Gasteiger partial charge in [-0.25, -0.2) is 0 Å². The van der Waals surface area contributed by atoms with E-state index in [9.17, 15) is 4.79 Å². The second-order valence-corrected chi connectivity index (χ2v) is 5.30. The number of aldehydes is 1. The van der Waals surface area contributed by atoms with Crippen molar-refractivity contribution < 1.29 is 9.53 Å². The number of carbonyl (C=O) groups is 1. The number of ether oxygens (including phenoxy) is 1. The molecule has 0 N–H and O–H groups in total. The van der Waals surface area contributed by atoms with Crippen LogP contribution in [0, 0.1) is 0 Å². The molecule has 2 aromatic rings. The van der Waals surface area contributed by atoms with Gasteiger partial charge in [-0.2, -0.15) is 0 Å². The summed E-state index contributed by atoms with van der Waals surface area (Å²) in [6.45, 7) is 2.36. The van der Waals surface area contributed by atoms with Crippen molar-refractivity contribution in [3.63, 3.8) is 0 Å². The van der Waals surface area contributed by atoms with Gasteiger partial charge in [0.25, 0.3) is 0 Å². The van der Waals surface area contributed by atoms with Crippen molar-refractivity contribution in [1.82, 2.24) is 0 Å². The Hall–Kier alpha value is -1.22. The first-order valence-electron chi connectivity index (χ1n) is 5.93. The third-order valence-electron chi connectivity index (χ3n) is 2.75. The first-order chi connectivity index (χ1) is 9.56. The second kappa shape index (κ2) is 6.49. The molecular weight excluding hydrogens is 319 g/mol. The number of carbonyl (C=O) groups excluding carboxylic acids is 1. The lowest BCUT2D eigenvalue weighted by atomic mass is 10.0. The Morgan fingerprint density at radius 3 is 2.45 bits per heavy atom. The second-order valence-electron chi connectivity index (χ2n) is 4.04. The highest BCUT2D eigenvalue weighted by Crippen LogP contribution is 2.38. The van der Waals surface area contributed by atoms with E-state index in [1.807, 2.05) is 6.92 Å². The number of rotatable bonds is 4. The first kappa shape index (κ1) is 15.2. The maximum absolute atomic E-state index is 11.2. The van der Waals surface area contributed by atoms with Crippen LogP contribution >= 0.6 is 34.8 Å². The van der Waals surface area contributed by atoms with Gasteiger partial charge < -0.3 is 4.74 Å². The Morgan fingerprint density at radius 1 is 1.05 bits per heavy atom. The summed E-state index contributed by atoms with van der Waals surface area (Å²) in [5, 5.41) is 1.39. The van der Waals surface area contributed by atoms with Crippen LogP contribution in [-0.4, -0.2) is 12.9 Å². The third-order valence-corrected chi connectivity index (χ3v) is 3.60. The highest BCUT2D eigenvalue weighted by molar-refractivity contribution is 6.36. The molecular formula is C15H11Cl3O2. The van der Waals surface area contributed by atoms with Crippen LogP contribution < -0.4 is 4.74 Å². The monoisotopic (exact) mass is 328 g/mol. The molecule has 0 aliphatic heterocycles. The lowest BCUT2D eigenvalue weighted by molar-refractivity contribution is 0.112. The zero-order chi connectivity index (χ0) is 14.7. The number of halogens is 3. The lowest BCUT2D eigenvalue weighted by Gasteiger charge is -2.12. The van der Waals surface area contributed by atoms with E-state index in [0.29, 0.717) is 44.1 Å². The fourth-order valence-corrected chi connectivity index (χ4v) is 2.53. The van der Waals surface area contributed by atoms with Gasteiger partial charge in [0.15, 0.2) is 6.29 Å². The Labute approximate surface area is 132 Å². The molecule has 0 aliphatic carbocycles. The highest BCUT2D eigenvalue weighted by Gasteiger charge is 2.13. The number of hydrogen-bond acceptors (Lipinski definition) is 2. The quantitative estimate of drug-likeness (QED) is 0.690. The van der Waals surface area contributed by atoms with Crippen LogP contribution in [0.4, 0.5) is 0 Å². The predicted octanol–water partition coefficient (Wildman–Crippen LogP) is 5.53. The molecule has 2 aromatic carbocycles. The molecule has 0 radical (unpaired) electrons. The standard InChI is InChI=1S/C15H11Cl3O2/c1-2-20-15-7-13(17)12(6-14(15)18)11-4-3-10(16)5-9(11)8-19/h3-8H,2H2,1H3. The van der Waals surface area contributed by atoms with Crippen LogP contribution in [0.1, 0.15) is 17.3 Å². The minimum atomic E-state index is 0.443. The van der Waals surface area contributed by atoms with Crippen LogP contribution in [0.3, 0.4) is 0 Å². The molecule has 0 bridgehead atoms. The normalized spacial score (nSPS) is 10.4. The van der Waals surface area contributed by atoms with Crippen molar-refractivity contribution in [2.45, 2.75) is 6.92 Å². The van der Waals surface area contributed by atoms with Crippen LogP contribution in [0.25, 0.3) is 11.1 Å². The van der Waals surface area contributed by atoms with E-state index in [0.717, 1.165) is 6.29 Å². The zero-order valence-electron chi connectivity index (χ0n) is 10.6. The molecule has 2 rings (SSSR count). The van der Waals surface area contributed by atoms with E-state index in [1.54, 1.807) is 30.3 Å². The van der Waals surface area contributed by atoms with Crippen molar-refractivity contribution >= 4 is 41.1 Å². The van der Waals surface area contributed by atoms with Gasteiger partial charge >= 0.3 is 0 Å². The summed E-state index contributed by atoms with van der Waals surface area (Å²) in [6, 6.07) is 8.36. The van der Waals surface area contributed by atoms with Gasteiger partial charge in [0, 0.05) is 22.2 Å². The van der Waals surface area contributed by atoms with Crippen molar-refractivity contribution in [2.75, 3.05) is 6.61 Å². The first-order valence-corrected chi connectivity index (χ1v) is 7.07. The fourth-order valence-electron chi connectivity index (χ4n) is 1.88. The van der Waals surface area contributed by atoms with Crippen LogP contribution in [0.5, 0.6) is 5.75 Å². The third kappa shape index (κ3) is 3.09. The minimum Gasteiger partial charge on any atom is -0.492 e. The van der Waals surface area contributed by atoms with Gasteiger partial charge in [0.1, 0.15) is 5.75 Å². The molecule has 20 heavy (non-hydrogen) atoms. The maximum atomic E-state index is 11.2. The van der Waals surface area contributed by atoms with E-state index >= 15 is 0 Å². The molecule has 0 unspecified atom stereocenters. The van der Waals surface area contributed by atoms with E-state index in [1.165, 1.54) is 0 Å². The Balaban J connectivity index is 2.58. The zero-order valence-corrected chi connectivity index (χ0v) is 12.9. The molecule has 2 nitrogen and oxygen atoms in total. The van der Waals surface area contributed by atoms with Crippen LogP contribution in [0.2, 0.25) is 15.1 Å². The number of benzene rings is 2. The average molecular weight is 330 g/mol. The van der Waals surface area contributed by atoms with Crippen molar-refractivity contribution in [3.05, 3.63) is 51.0 Å². The molecule has 5 heteroatoms. The van der Waals surface area contributed by atoms with E-state index in [-0.39, 0.29) is 0 Å². The van der Waals surface area contributed by atoms with Crippen LogP contribution in [-0.2, 0) is 0 Å². The van der Waals surface area contributed by atoms with Gasteiger partial charge in [-0.3, -0.25) is 4.79 Å². The summed E-state index contributed by atoms with van der Waals surface area (Å²) in [7, 11) is 0. The maximum Gasteiger partial charge on any atom is 0.150 e. The molecule has 0 amide bonds. The van der Waals surface area contributed by atoms with Crippen molar-refractivity contribution in [1.29, 1.82) is 0 Å². The average Bonchev–Trinajstić information content (AvgIpc) is 2.43. The fraction of sp³-hybridized carbons (Fsp3) is 0.133. The molecule has 0 fully saturated rings. The SMILES string of the molecule is CCOc1cc(Cl)c(-c2ccc(Cl)cc2C=O)cc1Cl. The molecule has 0 aliphatic rings. The molecule has 0 aromatic heterocycles. The Morgan fingerprint density at radius 2 is 1.80 bits per heavy atom. The molecule has 0 heterocycles. The topological polar surface area (TPSA) is 26.3 Å². The van der Waals surface area contributed by atoms with E-state index in [2.05, 4.69) is 0 Å². The Kier molecular flexibility index (Phi) is 4.92. The summed E-state index contributed by atoms with van der Waals surface area (Å²) in [5.74, 6) is 0.518. The predicted molar refractivity (Wildman–Crippen MR) is 83.5 cm³/mol. The van der Waals surface area contributed by atoms with Gasteiger partial charge in [-0.1, -0.05) is 40.9 Å². The summed E-state index contributed by atoms with van der Waals surface area (Å²) in [5.41, 5.74) is 1.80. The van der Waals surface area contributed by atoms with E-state index < -0.39 is 0 Å². The highest BCUT2D eigenvalue weighted by atomic mass is 35.5. The summed E-state index contributed by atoms with van der Waals surface area (Å²) >= 11 is 18.3. The number of hydrogen-bond donors (Lipinski definition) is 0. The minimum absolute atomic E-state index is 0.443. The molecule has 0 atom stereocenters. The molecule has 0 spiro atoms. The summed E-state index contributed by atoms with van der Waals surface area (Å²) < 4.78 is 5.38. The van der Waals surface area contributed by atoms with Crippen molar-refractivity contribution in [3.8, 4) is 16.9 Å². The molecule has 0 saturated heterocycles. The smallest absolute Gasteiger partial charge is 0.150 e. The molecule has 104 valence electrons. The van der Waals surface area contributed by atoms with Crippen LogP contribution in [0.15, 0.2) is 30.3 Å². The summed E-state index contributed by atoms with van der Waals surface area (Å²) in [4.78, 5) is 11.2. The summed E-state index contributed by atoms with van der Waals surface area (Å²) in [6.07, 6.45) is 0.738. The largest absolute Gasteiger partial charge is 0.492 e. The molecule has 0 saturated carbocycles. The van der Waals surface area contributed by atoms with Gasteiger partial charge in [0.2, 0.25) is 0 Å². The van der Waals surface area contributed by atoms with Gasteiger partial charge in [-0.15, -0.1) is 0 Å². The van der Waals surface area contributed by atoms with E-state index in [4.69, 9.17) is 39.5 Å². The van der Waals surface area contributed by atoms with Crippen molar-refractivity contribution in [2.24, 2.45) is 0 Å². The Bertz CT molecular complexity index is 654. The van der Waals surface area contributed by atoms with Gasteiger partial charge in [0.05, 0.1) is 16.7 Å². The van der Waals surface area contributed by atoms with Gasteiger partial charge in [-0.05, 0) is 30.7 Å². The lowest BCUT2D eigenvalue weighted by Crippen LogP contribution is -1.94.